The first kappa shape index (κ1) is 13.4. The summed E-state index contributed by atoms with van der Waals surface area (Å²) in [4.78, 5) is 8.40. The smallest absolute Gasteiger partial charge is 0.129 e. The minimum atomic E-state index is -0.552. The van der Waals surface area contributed by atoms with Crippen LogP contribution in [0.3, 0.4) is 0 Å². The third-order valence-electron chi connectivity index (χ3n) is 2.61. The molecule has 2 aromatic rings. The molecule has 0 aliphatic carbocycles. The first-order valence-electron chi connectivity index (χ1n) is 6.04. The quantitative estimate of drug-likeness (QED) is 0.921. The molecule has 2 rings (SSSR count). The maximum absolute atomic E-state index is 13.0. The zero-order valence-corrected chi connectivity index (χ0v) is 10.9. The molecule has 0 radical (unpaired) electrons. The Hall–Kier alpha value is -2.04. The fraction of sp³-hybridized carbons (Fsp3) is 0.286. The highest BCUT2D eigenvalue weighted by Crippen LogP contribution is 2.10. The van der Waals surface area contributed by atoms with Crippen molar-refractivity contribution in [3.05, 3.63) is 53.0 Å². The van der Waals surface area contributed by atoms with E-state index in [0.717, 1.165) is 17.6 Å². The molecule has 0 atom stereocenters. The molecule has 1 aromatic heterocycles. The second kappa shape index (κ2) is 5.73. The molecule has 5 heteroatoms. The summed E-state index contributed by atoms with van der Waals surface area (Å²) in [6.07, 6.45) is 0.525. The SMILES string of the molecule is Cc1cc(NCCc2cc(F)cc(F)c2)nc(C)n1. The monoisotopic (exact) mass is 263 g/mol. The van der Waals surface area contributed by atoms with Gasteiger partial charge in [-0.25, -0.2) is 18.7 Å². The van der Waals surface area contributed by atoms with Crippen molar-refractivity contribution in [2.24, 2.45) is 0 Å². The molecule has 1 heterocycles. The minimum Gasteiger partial charge on any atom is -0.370 e. The lowest BCUT2D eigenvalue weighted by molar-refractivity contribution is 0.580. The van der Waals surface area contributed by atoms with Crippen LogP contribution in [-0.2, 0) is 6.42 Å². The van der Waals surface area contributed by atoms with E-state index in [-0.39, 0.29) is 0 Å². The third kappa shape index (κ3) is 3.98. The Kier molecular flexibility index (Phi) is 4.04. The van der Waals surface area contributed by atoms with Crippen LogP contribution >= 0.6 is 0 Å². The molecule has 0 saturated carbocycles. The van der Waals surface area contributed by atoms with E-state index >= 15 is 0 Å². The normalized spacial score (nSPS) is 10.5. The van der Waals surface area contributed by atoms with Crippen LogP contribution in [0.4, 0.5) is 14.6 Å². The number of rotatable bonds is 4. The summed E-state index contributed by atoms with van der Waals surface area (Å²) in [7, 11) is 0. The Labute approximate surface area is 110 Å². The van der Waals surface area contributed by atoms with E-state index < -0.39 is 11.6 Å². The van der Waals surface area contributed by atoms with Gasteiger partial charge in [0.1, 0.15) is 23.3 Å². The third-order valence-corrected chi connectivity index (χ3v) is 2.61. The van der Waals surface area contributed by atoms with Gasteiger partial charge in [-0.1, -0.05) is 0 Å². The average Bonchev–Trinajstić information content (AvgIpc) is 2.26. The summed E-state index contributed by atoms with van der Waals surface area (Å²) in [6, 6.07) is 5.37. The minimum absolute atomic E-state index is 0.525. The van der Waals surface area contributed by atoms with Gasteiger partial charge < -0.3 is 5.32 Å². The predicted molar refractivity (Wildman–Crippen MR) is 70.1 cm³/mol. The highest BCUT2D eigenvalue weighted by atomic mass is 19.1. The van der Waals surface area contributed by atoms with E-state index in [1.807, 2.05) is 19.9 Å². The van der Waals surface area contributed by atoms with Crippen LogP contribution in [0.2, 0.25) is 0 Å². The molecule has 1 N–H and O–H groups in total. The van der Waals surface area contributed by atoms with Gasteiger partial charge in [0.05, 0.1) is 0 Å². The summed E-state index contributed by atoms with van der Waals surface area (Å²) >= 11 is 0. The Morgan fingerprint density at radius 2 is 1.68 bits per heavy atom. The van der Waals surface area contributed by atoms with Crippen LogP contribution in [0, 0.1) is 25.5 Å². The first-order valence-corrected chi connectivity index (χ1v) is 6.04. The Morgan fingerprint density at radius 1 is 1.00 bits per heavy atom. The van der Waals surface area contributed by atoms with Crippen LogP contribution in [0.5, 0.6) is 0 Å². The molecule has 0 fully saturated rings. The fourth-order valence-corrected chi connectivity index (χ4v) is 1.90. The van der Waals surface area contributed by atoms with Gasteiger partial charge >= 0.3 is 0 Å². The molecule has 3 nitrogen and oxygen atoms in total. The van der Waals surface area contributed by atoms with E-state index in [2.05, 4.69) is 15.3 Å². The second-order valence-corrected chi connectivity index (χ2v) is 4.40. The number of nitrogens with one attached hydrogen (secondary N) is 1. The van der Waals surface area contributed by atoms with Crippen molar-refractivity contribution in [1.29, 1.82) is 0 Å². The van der Waals surface area contributed by atoms with E-state index in [1.54, 1.807) is 0 Å². The van der Waals surface area contributed by atoms with Gasteiger partial charge in [0.15, 0.2) is 0 Å². The second-order valence-electron chi connectivity index (χ2n) is 4.40. The summed E-state index contributed by atoms with van der Waals surface area (Å²) < 4.78 is 26.0. The Balaban J connectivity index is 1.96. The number of benzene rings is 1. The highest BCUT2D eigenvalue weighted by Gasteiger charge is 2.02. The van der Waals surface area contributed by atoms with Gasteiger partial charge in [-0.2, -0.15) is 0 Å². The van der Waals surface area contributed by atoms with Gasteiger partial charge in [-0.05, 0) is 38.0 Å². The van der Waals surface area contributed by atoms with Crippen molar-refractivity contribution in [3.63, 3.8) is 0 Å². The molecule has 0 spiro atoms. The maximum atomic E-state index is 13.0. The largest absolute Gasteiger partial charge is 0.370 e. The van der Waals surface area contributed by atoms with Crippen LogP contribution in [0.15, 0.2) is 24.3 Å². The van der Waals surface area contributed by atoms with Crippen LogP contribution < -0.4 is 5.32 Å². The van der Waals surface area contributed by atoms with Gasteiger partial charge in [0.25, 0.3) is 0 Å². The van der Waals surface area contributed by atoms with E-state index in [9.17, 15) is 8.78 Å². The predicted octanol–water partition coefficient (Wildman–Crippen LogP) is 3.03. The zero-order chi connectivity index (χ0) is 13.8. The topological polar surface area (TPSA) is 37.8 Å². The highest BCUT2D eigenvalue weighted by molar-refractivity contribution is 5.36. The van der Waals surface area contributed by atoms with Crippen molar-refractivity contribution < 1.29 is 8.78 Å². The number of halogens is 2. The van der Waals surface area contributed by atoms with E-state index in [4.69, 9.17) is 0 Å². The number of nitrogens with zero attached hydrogens (tertiary/aromatic N) is 2. The molecule has 1 aromatic carbocycles. The summed E-state index contributed by atoms with van der Waals surface area (Å²) in [5, 5.41) is 3.12. The molecule has 0 saturated heterocycles. The number of hydrogen-bond donors (Lipinski definition) is 1. The molecule has 0 bridgehead atoms. The number of aromatic nitrogens is 2. The van der Waals surface area contributed by atoms with Gasteiger partial charge in [0.2, 0.25) is 0 Å². The summed E-state index contributed by atoms with van der Waals surface area (Å²) in [5.41, 5.74) is 1.50. The van der Waals surface area contributed by atoms with E-state index in [0.29, 0.717) is 24.4 Å². The molecular weight excluding hydrogens is 248 g/mol. The van der Waals surface area contributed by atoms with Gasteiger partial charge in [0, 0.05) is 24.4 Å². The Morgan fingerprint density at radius 3 is 2.32 bits per heavy atom. The van der Waals surface area contributed by atoms with Crippen molar-refractivity contribution in [2.75, 3.05) is 11.9 Å². The first-order chi connectivity index (χ1) is 9.02. The molecule has 0 amide bonds. The lowest BCUT2D eigenvalue weighted by Crippen LogP contribution is -2.08. The molecule has 0 aliphatic rings. The molecule has 0 aliphatic heterocycles. The van der Waals surface area contributed by atoms with Crippen LogP contribution in [0.25, 0.3) is 0 Å². The maximum Gasteiger partial charge on any atom is 0.129 e. The van der Waals surface area contributed by atoms with Gasteiger partial charge in [-0.15, -0.1) is 0 Å². The number of anilines is 1. The summed E-state index contributed by atoms with van der Waals surface area (Å²) in [6.45, 7) is 4.26. The average molecular weight is 263 g/mol. The van der Waals surface area contributed by atoms with Gasteiger partial charge in [-0.3, -0.25) is 0 Å². The lowest BCUT2D eigenvalue weighted by atomic mass is 10.1. The molecule has 100 valence electrons. The van der Waals surface area contributed by atoms with Crippen molar-refractivity contribution >= 4 is 5.82 Å². The van der Waals surface area contributed by atoms with Crippen molar-refractivity contribution in [1.82, 2.24) is 9.97 Å². The van der Waals surface area contributed by atoms with Crippen LogP contribution in [0.1, 0.15) is 17.1 Å². The van der Waals surface area contributed by atoms with Crippen LogP contribution in [-0.4, -0.2) is 16.5 Å². The molecule has 19 heavy (non-hydrogen) atoms. The zero-order valence-electron chi connectivity index (χ0n) is 10.9. The standard InChI is InChI=1S/C14H15F2N3/c1-9-5-14(19-10(2)18-9)17-4-3-11-6-12(15)8-13(16)7-11/h5-8H,3-4H2,1-2H3,(H,17,18,19). The van der Waals surface area contributed by atoms with Crippen molar-refractivity contribution in [2.45, 2.75) is 20.3 Å². The lowest BCUT2D eigenvalue weighted by Gasteiger charge is -2.07. The summed E-state index contributed by atoms with van der Waals surface area (Å²) in [5.74, 6) is 0.314. The molecule has 0 unspecified atom stereocenters. The fourth-order valence-electron chi connectivity index (χ4n) is 1.90. The molecular formula is C14H15F2N3. The number of hydrogen-bond acceptors (Lipinski definition) is 3. The van der Waals surface area contributed by atoms with E-state index in [1.165, 1.54) is 12.1 Å². The Bertz CT molecular complexity index is 493. The van der Waals surface area contributed by atoms with Crippen molar-refractivity contribution in [3.8, 4) is 0 Å². The number of aryl methyl sites for hydroxylation is 2.